The molecule has 16 bridgehead atoms. The number of methoxy groups -OCH3 is 2. The maximum Gasteiger partial charge on any atom is 0.152 e. The van der Waals surface area contributed by atoms with E-state index in [0.29, 0.717) is 0 Å². The van der Waals surface area contributed by atoms with Crippen molar-refractivity contribution in [3.63, 3.8) is 0 Å². The van der Waals surface area contributed by atoms with Crippen molar-refractivity contribution in [3.8, 4) is 56.1 Å². The Morgan fingerprint density at radius 3 is 1.76 bits per heavy atom. The van der Waals surface area contributed by atoms with Crippen molar-refractivity contribution in [1.82, 2.24) is 18.7 Å². The number of benzene rings is 6. The molecule has 3 aromatic heterocycles. The maximum absolute atomic E-state index is 6.11. The van der Waals surface area contributed by atoms with Crippen LogP contribution in [0, 0.1) is 0 Å². The van der Waals surface area contributed by atoms with E-state index in [0.717, 1.165) is 84.4 Å². The normalized spacial score (nSPS) is 16.4. The van der Waals surface area contributed by atoms with Gasteiger partial charge in [0, 0.05) is 39.1 Å². The van der Waals surface area contributed by atoms with E-state index >= 15 is 0 Å². The third-order valence-corrected chi connectivity index (χ3v) is 12.7. The zero-order chi connectivity index (χ0) is 37.4. The van der Waals surface area contributed by atoms with E-state index in [4.69, 9.17) is 18.2 Å². The van der Waals surface area contributed by atoms with E-state index in [1.807, 2.05) is 0 Å². The van der Waals surface area contributed by atoms with Crippen LogP contribution in [0.5, 0.6) is 11.5 Å². The molecule has 1 unspecified atom stereocenters. The second kappa shape index (κ2) is 12.7. The van der Waals surface area contributed by atoms with Gasteiger partial charge in [-0.25, -0.2) is 0 Å². The van der Waals surface area contributed by atoms with Crippen LogP contribution in [0.25, 0.3) is 77.5 Å². The van der Waals surface area contributed by atoms with Gasteiger partial charge in [-0.05, 0) is 68.6 Å². The van der Waals surface area contributed by atoms with Crippen molar-refractivity contribution in [2.24, 2.45) is 0 Å². The lowest BCUT2D eigenvalue weighted by Gasteiger charge is -2.30. The van der Waals surface area contributed by atoms with Crippen LogP contribution in [0.2, 0.25) is 0 Å². The number of hydrogen-bond donors (Lipinski definition) is 2. The van der Waals surface area contributed by atoms with Gasteiger partial charge in [0.2, 0.25) is 0 Å². The smallest absolute Gasteiger partial charge is 0.152 e. The SMILES string of the molecule is CC[C@]1(C)c2ccc(cc2)-c2ccc(cc2)-c2cc3c(OC)c4[nH]c(cc4c(OC)c3[nH]2)C(C)c2ccc(cc2)-c2ccc(cc2)-c2ccc1c1nsnc21. The van der Waals surface area contributed by atoms with Gasteiger partial charge in [0.1, 0.15) is 11.0 Å². The van der Waals surface area contributed by atoms with Crippen molar-refractivity contribution in [2.75, 3.05) is 14.2 Å². The van der Waals surface area contributed by atoms with Crippen LogP contribution in [0.3, 0.4) is 0 Å². The zero-order valence-electron chi connectivity index (χ0n) is 31.5. The Bertz CT molecular complexity index is 2820. The molecule has 19 rings (SSSR count). The van der Waals surface area contributed by atoms with E-state index < -0.39 is 0 Å². The first-order valence-corrected chi connectivity index (χ1v) is 19.6. The summed E-state index contributed by atoms with van der Waals surface area (Å²) in [6.45, 7) is 6.82. The van der Waals surface area contributed by atoms with Crippen LogP contribution in [-0.4, -0.2) is 32.9 Å². The summed E-state index contributed by atoms with van der Waals surface area (Å²) in [4.78, 5) is 7.40. The van der Waals surface area contributed by atoms with Gasteiger partial charge in [0.05, 0.1) is 37.0 Å². The molecule has 0 fully saturated rings. The standard InChI is InChI=1S/C48H40N4O2S/c1-6-48(3)35-21-19-32(20-22-35)31-13-17-34(18-14-31)41-26-38-44(50-41)46(53-4)37-25-40(49-43(37)47(38)54-5)27(2)28-7-9-29(10-8-28)30-11-15-33(16-12-30)36-23-24-39(48)45-42(36)51-55-52-45/h7-27,49-50H,6H2,1-5H3/t27?,48-/m1/s1. The van der Waals surface area contributed by atoms with E-state index in [9.17, 15) is 0 Å². The fourth-order valence-electron chi connectivity index (χ4n) is 8.68. The van der Waals surface area contributed by atoms with E-state index in [-0.39, 0.29) is 11.3 Å². The van der Waals surface area contributed by atoms with Crippen LogP contribution in [-0.2, 0) is 5.41 Å². The molecule has 55 heavy (non-hydrogen) atoms. The average Bonchev–Trinajstić information content (AvgIpc) is 4.02. The van der Waals surface area contributed by atoms with Crippen LogP contribution in [0.4, 0.5) is 0 Å². The van der Waals surface area contributed by atoms with Gasteiger partial charge in [-0.3, -0.25) is 0 Å². The molecule has 0 amide bonds. The summed E-state index contributed by atoms with van der Waals surface area (Å²) >= 11 is 1.29. The van der Waals surface area contributed by atoms with Crippen LogP contribution < -0.4 is 9.47 Å². The first kappa shape index (κ1) is 33.4. The van der Waals surface area contributed by atoms with E-state index in [1.54, 1.807) is 14.2 Å². The molecule has 10 aliphatic heterocycles. The summed E-state index contributed by atoms with van der Waals surface area (Å²) in [5.41, 5.74) is 17.3. The second-order valence-electron chi connectivity index (χ2n) is 14.9. The lowest BCUT2D eigenvalue weighted by Crippen LogP contribution is -2.23. The first-order chi connectivity index (χ1) is 26.9. The number of ether oxygens (including phenoxy) is 2. The molecule has 0 saturated carbocycles. The predicted molar refractivity (Wildman–Crippen MR) is 227 cm³/mol. The molecule has 0 aliphatic carbocycles. The zero-order valence-corrected chi connectivity index (χ0v) is 32.3. The van der Waals surface area contributed by atoms with Gasteiger partial charge < -0.3 is 19.4 Å². The summed E-state index contributed by atoms with van der Waals surface area (Å²) in [7, 11) is 3.48. The van der Waals surface area contributed by atoms with Crippen molar-refractivity contribution in [2.45, 2.75) is 38.5 Å². The van der Waals surface area contributed by atoms with Crippen molar-refractivity contribution in [1.29, 1.82) is 0 Å². The highest BCUT2D eigenvalue weighted by Crippen LogP contribution is 2.46. The number of aromatic nitrogens is 4. The number of nitrogens with zero attached hydrogens (tertiary/aromatic N) is 2. The predicted octanol–water partition coefficient (Wildman–Crippen LogP) is 12.5. The fraction of sp³-hybridized carbons (Fsp3) is 0.167. The lowest BCUT2D eigenvalue weighted by atomic mass is 9.73. The van der Waals surface area contributed by atoms with Gasteiger partial charge >= 0.3 is 0 Å². The first-order valence-electron chi connectivity index (χ1n) is 18.9. The van der Waals surface area contributed by atoms with E-state index in [2.05, 4.69) is 152 Å². The Hall–Kier alpha value is -6.18. The summed E-state index contributed by atoms with van der Waals surface area (Å²) in [5, 5.41) is 1.96. The molecule has 10 aliphatic rings. The molecular weight excluding hydrogens is 697 g/mol. The Morgan fingerprint density at radius 1 is 0.618 bits per heavy atom. The molecule has 0 saturated heterocycles. The van der Waals surface area contributed by atoms with Crippen molar-refractivity contribution >= 4 is 44.6 Å². The Labute approximate surface area is 324 Å². The topological polar surface area (TPSA) is 75.8 Å². The molecule has 2 atom stereocenters. The maximum atomic E-state index is 6.11. The fourth-order valence-corrected chi connectivity index (χ4v) is 9.26. The Morgan fingerprint density at radius 2 is 1.15 bits per heavy atom. The van der Waals surface area contributed by atoms with Crippen LogP contribution in [0.15, 0.2) is 121 Å². The minimum absolute atomic E-state index is 0.115. The lowest BCUT2D eigenvalue weighted by molar-refractivity contribution is 0.417. The molecule has 0 spiro atoms. The molecular formula is C48H40N4O2S. The molecule has 7 heteroatoms. The van der Waals surface area contributed by atoms with Gasteiger partial charge in [-0.2, -0.15) is 8.75 Å². The Kier molecular flexibility index (Phi) is 7.72. The van der Waals surface area contributed by atoms with Gasteiger partial charge in [0.15, 0.2) is 11.5 Å². The third kappa shape index (κ3) is 5.14. The molecule has 6 aromatic carbocycles. The number of rotatable bonds is 3. The average molecular weight is 737 g/mol. The monoisotopic (exact) mass is 736 g/mol. The summed E-state index contributed by atoms with van der Waals surface area (Å²) < 4.78 is 22.0. The minimum atomic E-state index is -0.241. The summed E-state index contributed by atoms with van der Waals surface area (Å²) in [6, 6.07) is 44.4. The quantitative estimate of drug-likeness (QED) is 0.189. The number of hydrogen-bond acceptors (Lipinski definition) is 5. The van der Waals surface area contributed by atoms with Crippen molar-refractivity contribution in [3.05, 3.63) is 144 Å². The highest BCUT2D eigenvalue weighted by molar-refractivity contribution is 7.00. The van der Waals surface area contributed by atoms with Crippen LogP contribution in [0.1, 0.15) is 55.5 Å². The molecule has 13 heterocycles. The van der Waals surface area contributed by atoms with E-state index in [1.165, 1.54) is 45.1 Å². The number of nitrogens with one attached hydrogen (secondary N) is 2. The number of H-pyrrole nitrogens is 2. The third-order valence-electron chi connectivity index (χ3n) is 12.2. The van der Waals surface area contributed by atoms with Crippen molar-refractivity contribution < 1.29 is 9.47 Å². The van der Waals surface area contributed by atoms with Gasteiger partial charge in [0.25, 0.3) is 0 Å². The molecule has 270 valence electrons. The Balaban J connectivity index is 1.15. The summed E-state index contributed by atoms with van der Waals surface area (Å²) in [6.07, 6.45) is 0.926. The van der Waals surface area contributed by atoms with Crippen LogP contribution >= 0.6 is 11.7 Å². The molecule has 0 radical (unpaired) electrons. The molecule has 9 aromatic rings. The highest BCUT2D eigenvalue weighted by atomic mass is 32.1. The highest BCUT2D eigenvalue weighted by Gasteiger charge is 2.31. The summed E-state index contributed by atoms with van der Waals surface area (Å²) in [5.74, 6) is 1.71. The molecule has 6 nitrogen and oxygen atoms in total. The second-order valence-corrected chi connectivity index (χ2v) is 15.5. The molecule has 2 N–H and O–H groups in total. The van der Waals surface area contributed by atoms with Gasteiger partial charge in [-0.15, -0.1) is 0 Å². The van der Waals surface area contributed by atoms with Gasteiger partial charge in [-0.1, -0.05) is 130 Å². The largest absolute Gasteiger partial charge is 0.494 e. The number of aromatic amines is 2. The minimum Gasteiger partial charge on any atom is -0.494 e.